The normalized spacial score (nSPS) is 17.0. The molecule has 170 valence electrons. The summed E-state index contributed by atoms with van der Waals surface area (Å²) in [6, 6.07) is 7.46. The molecule has 8 nitrogen and oxygen atoms in total. The Morgan fingerprint density at radius 1 is 1.20 bits per heavy atom. The van der Waals surface area contributed by atoms with E-state index in [1.807, 2.05) is 0 Å². The number of nitrogens with zero attached hydrogens (tertiary/aromatic N) is 1. The highest BCUT2D eigenvalue weighted by Crippen LogP contribution is 2.23. The highest BCUT2D eigenvalue weighted by Gasteiger charge is 2.34. The SMILES string of the molecule is CCOC(=O)[C@@H](NS(=O)(=O)OC(C)(C)C)[C@H](C)/C(C)=C\S(=O)(=NC)c1ccccc1. The minimum Gasteiger partial charge on any atom is -0.465 e. The fraction of sp³-hybridized carbons (Fsp3) is 0.550. The number of benzene rings is 1. The lowest BCUT2D eigenvalue weighted by Gasteiger charge is -2.26. The largest absolute Gasteiger partial charge is 0.465 e. The van der Waals surface area contributed by atoms with Crippen LogP contribution in [0, 0.1) is 5.92 Å². The fourth-order valence-corrected chi connectivity index (χ4v) is 5.59. The zero-order valence-electron chi connectivity index (χ0n) is 18.5. The molecule has 1 N–H and O–H groups in total. The Morgan fingerprint density at radius 3 is 2.23 bits per heavy atom. The van der Waals surface area contributed by atoms with Gasteiger partial charge in [-0.05, 0) is 46.8 Å². The third kappa shape index (κ3) is 7.82. The van der Waals surface area contributed by atoms with Gasteiger partial charge >= 0.3 is 16.3 Å². The third-order valence-corrected chi connectivity index (χ3v) is 7.53. The predicted octanol–water partition coefficient (Wildman–Crippen LogP) is 3.26. The lowest BCUT2D eigenvalue weighted by Crippen LogP contribution is -2.48. The highest BCUT2D eigenvalue weighted by atomic mass is 32.2. The summed E-state index contributed by atoms with van der Waals surface area (Å²) in [7, 11) is -5.70. The second-order valence-corrected chi connectivity index (χ2v) is 11.2. The van der Waals surface area contributed by atoms with Gasteiger partial charge in [0.2, 0.25) is 0 Å². The molecule has 1 unspecified atom stereocenters. The van der Waals surface area contributed by atoms with Crippen molar-refractivity contribution in [1.82, 2.24) is 4.72 Å². The molecule has 0 spiro atoms. The molecule has 0 bridgehead atoms. The molecule has 0 fully saturated rings. The van der Waals surface area contributed by atoms with Crippen LogP contribution in [-0.2, 0) is 33.7 Å². The molecule has 0 radical (unpaired) electrons. The zero-order chi connectivity index (χ0) is 23.2. The minimum atomic E-state index is -4.25. The smallest absolute Gasteiger partial charge is 0.337 e. The zero-order valence-corrected chi connectivity index (χ0v) is 20.2. The van der Waals surface area contributed by atoms with Gasteiger partial charge in [0.05, 0.1) is 26.8 Å². The number of esters is 1. The van der Waals surface area contributed by atoms with Crippen LogP contribution >= 0.6 is 0 Å². The summed E-state index contributed by atoms with van der Waals surface area (Å²) in [6.07, 6.45) is 0. The Morgan fingerprint density at radius 2 is 1.77 bits per heavy atom. The summed E-state index contributed by atoms with van der Waals surface area (Å²) in [6.45, 7) is 9.77. The summed E-state index contributed by atoms with van der Waals surface area (Å²) in [5, 5.41) is 1.47. The molecule has 0 aliphatic heterocycles. The van der Waals surface area contributed by atoms with E-state index in [1.165, 1.54) is 12.5 Å². The molecular formula is C20H32N2O6S2. The second kappa shape index (κ2) is 10.5. The van der Waals surface area contributed by atoms with Gasteiger partial charge < -0.3 is 4.74 Å². The van der Waals surface area contributed by atoms with Crippen LogP contribution < -0.4 is 4.72 Å². The lowest BCUT2D eigenvalue weighted by atomic mass is 9.96. The van der Waals surface area contributed by atoms with Gasteiger partial charge in [0.25, 0.3) is 0 Å². The molecule has 0 amide bonds. The first kappa shape index (κ1) is 26.3. The Bertz CT molecular complexity index is 972. The Kier molecular flexibility index (Phi) is 9.22. The van der Waals surface area contributed by atoms with Crippen molar-refractivity contribution in [2.45, 2.75) is 58.1 Å². The van der Waals surface area contributed by atoms with Gasteiger partial charge in [0.15, 0.2) is 0 Å². The van der Waals surface area contributed by atoms with E-state index in [-0.39, 0.29) is 6.61 Å². The summed E-state index contributed by atoms with van der Waals surface area (Å²) in [5.41, 5.74) is -0.465. The van der Waals surface area contributed by atoms with Gasteiger partial charge in [-0.1, -0.05) is 30.7 Å². The van der Waals surface area contributed by atoms with Crippen LogP contribution in [0.1, 0.15) is 41.5 Å². The first-order valence-corrected chi connectivity index (χ1v) is 12.5. The number of nitrogens with one attached hydrogen (secondary N) is 1. The van der Waals surface area contributed by atoms with Crippen molar-refractivity contribution in [3.05, 3.63) is 41.3 Å². The molecule has 10 heteroatoms. The van der Waals surface area contributed by atoms with Gasteiger partial charge in [-0.2, -0.15) is 13.1 Å². The molecule has 30 heavy (non-hydrogen) atoms. The molecule has 1 rings (SSSR count). The average Bonchev–Trinajstić information content (AvgIpc) is 2.64. The van der Waals surface area contributed by atoms with E-state index < -0.39 is 43.6 Å². The number of rotatable bonds is 9. The molecule has 3 atom stereocenters. The van der Waals surface area contributed by atoms with Crippen LogP contribution in [0.2, 0.25) is 0 Å². The molecule has 1 aromatic carbocycles. The van der Waals surface area contributed by atoms with Crippen molar-refractivity contribution in [1.29, 1.82) is 0 Å². The monoisotopic (exact) mass is 460 g/mol. The second-order valence-electron chi connectivity index (χ2n) is 7.71. The van der Waals surface area contributed by atoms with Gasteiger partial charge in [-0.15, -0.1) is 0 Å². The van der Waals surface area contributed by atoms with Crippen molar-refractivity contribution in [3.63, 3.8) is 0 Å². The minimum absolute atomic E-state index is 0.0811. The van der Waals surface area contributed by atoms with Crippen molar-refractivity contribution in [2.24, 2.45) is 10.3 Å². The summed E-state index contributed by atoms with van der Waals surface area (Å²) < 4.78 is 54.6. The van der Waals surface area contributed by atoms with E-state index in [0.717, 1.165) is 0 Å². The first-order valence-electron chi connectivity index (χ1n) is 9.52. The van der Waals surface area contributed by atoms with E-state index >= 15 is 0 Å². The Labute approximate surface area is 180 Å². The molecule has 0 aliphatic carbocycles. The molecular weight excluding hydrogens is 428 g/mol. The molecule has 1 aromatic rings. The molecule has 0 aromatic heterocycles. The van der Waals surface area contributed by atoms with Gasteiger partial charge in [-0.3, -0.25) is 8.98 Å². The quantitative estimate of drug-likeness (QED) is 0.566. The van der Waals surface area contributed by atoms with E-state index in [2.05, 4.69) is 9.08 Å². The van der Waals surface area contributed by atoms with Crippen molar-refractivity contribution < 1.29 is 26.3 Å². The molecule has 0 heterocycles. The molecule has 0 aliphatic rings. The summed E-state index contributed by atoms with van der Waals surface area (Å²) in [4.78, 5) is 13.0. The first-order chi connectivity index (χ1) is 13.7. The van der Waals surface area contributed by atoms with Gasteiger partial charge in [-0.25, -0.2) is 8.57 Å². The number of carbonyl (C=O) groups excluding carboxylic acids is 1. The summed E-state index contributed by atoms with van der Waals surface area (Å²) >= 11 is 0. The highest BCUT2D eigenvalue weighted by molar-refractivity contribution is 7.96. The van der Waals surface area contributed by atoms with Gasteiger partial charge in [0.1, 0.15) is 6.04 Å². The van der Waals surface area contributed by atoms with Crippen molar-refractivity contribution in [3.8, 4) is 0 Å². The lowest BCUT2D eigenvalue weighted by molar-refractivity contribution is -0.146. The predicted molar refractivity (Wildman–Crippen MR) is 117 cm³/mol. The van der Waals surface area contributed by atoms with E-state index in [4.69, 9.17) is 8.92 Å². The number of ether oxygens (including phenoxy) is 1. The van der Waals surface area contributed by atoms with Crippen molar-refractivity contribution in [2.75, 3.05) is 13.7 Å². The van der Waals surface area contributed by atoms with Gasteiger partial charge in [0, 0.05) is 18.4 Å². The van der Waals surface area contributed by atoms with Crippen LogP contribution in [0.5, 0.6) is 0 Å². The molecule has 0 saturated carbocycles. The van der Waals surface area contributed by atoms with Crippen LogP contribution in [0.15, 0.2) is 50.6 Å². The molecule has 0 saturated heterocycles. The standard InChI is InChI=1S/C20H32N2O6S2/c1-8-27-19(23)18(22-30(25,26)28-20(4,5)6)16(3)15(2)14-29(24,21-7)17-12-10-9-11-13-17/h9-14,16,18,22H,8H2,1-7H3/b15-14-/t16-,18+,29?/m1/s1. The van der Waals surface area contributed by atoms with Crippen LogP contribution in [0.4, 0.5) is 0 Å². The van der Waals surface area contributed by atoms with E-state index in [9.17, 15) is 17.4 Å². The Balaban J connectivity index is 3.32. The van der Waals surface area contributed by atoms with Crippen molar-refractivity contribution >= 4 is 26.0 Å². The van der Waals surface area contributed by atoms with Crippen LogP contribution in [0.3, 0.4) is 0 Å². The number of hydrogen-bond donors (Lipinski definition) is 1. The average molecular weight is 461 g/mol. The topological polar surface area (TPSA) is 111 Å². The van der Waals surface area contributed by atoms with E-state index in [1.54, 1.807) is 71.9 Å². The number of hydrogen-bond acceptors (Lipinski definition) is 7. The van der Waals surface area contributed by atoms with Crippen LogP contribution in [0.25, 0.3) is 0 Å². The Hall–Kier alpha value is -1.75. The number of carbonyl (C=O) groups is 1. The fourth-order valence-electron chi connectivity index (χ4n) is 2.56. The van der Waals surface area contributed by atoms with Crippen LogP contribution in [-0.4, -0.2) is 43.9 Å². The maximum atomic E-state index is 13.3. The third-order valence-electron chi connectivity index (χ3n) is 4.09. The van der Waals surface area contributed by atoms with E-state index in [0.29, 0.717) is 10.5 Å². The maximum Gasteiger partial charge on any atom is 0.337 e. The summed E-state index contributed by atoms with van der Waals surface area (Å²) in [5.74, 6) is -1.42. The maximum absolute atomic E-state index is 13.3.